The summed E-state index contributed by atoms with van der Waals surface area (Å²) in [6, 6.07) is 3.99. The number of fused-ring (bicyclic) bond motifs is 3. The normalized spacial score (nSPS) is 26.9. The van der Waals surface area contributed by atoms with Crippen molar-refractivity contribution < 1.29 is 9.21 Å². The van der Waals surface area contributed by atoms with Crippen molar-refractivity contribution in [3.8, 4) is 12.3 Å². The average Bonchev–Trinajstić information content (AvgIpc) is 3.20. The van der Waals surface area contributed by atoms with Crippen LogP contribution in [-0.2, 0) is 0 Å². The minimum atomic E-state index is -0.157. The van der Waals surface area contributed by atoms with Crippen molar-refractivity contribution in [1.82, 2.24) is 15.6 Å². The highest BCUT2D eigenvalue weighted by atomic mass is 16.3. The highest BCUT2D eigenvalue weighted by Gasteiger charge is 2.40. The number of carbonyl (C=O) groups excluding carboxylic acids is 1. The third-order valence-electron chi connectivity index (χ3n) is 4.42. The van der Waals surface area contributed by atoms with Gasteiger partial charge in [0.25, 0.3) is 5.91 Å². The van der Waals surface area contributed by atoms with Crippen LogP contribution in [0.15, 0.2) is 22.7 Å². The highest BCUT2D eigenvalue weighted by molar-refractivity contribution is 5.95. The molecule has 1 aliphatic carbocycles. The molecule has 0 radical (unpaired) electrons. The van der Waals surface area contributed by atoms with Crippen molar-refractivity contribution >= 4 is 16.9 Å². The summed E-state index contributed by atoms with van der Waals surface area (Å²) in [6.07, 6.45) is 9.13. The van der Waals surface area contributed by atoms with Crippen LogP contribution in [0.5, 0.6) is 0 Å². The second-order valence-electron chi connectivity index (χ2n) is 5.79. The van der Waals surface area contributed by atoms with Gasteiger partial charge < -0.3 is 15.1 Å². The van der Waals surface area contributed by atoms with Gasteiger partial charge in [0.2, 0.25) is 0 Å². The molecule has 3 atom stereocenters. The van der Waals surface area contributed by atoms with Gasteiger partial charge in [-0.2, -0.15) is 0 Å². The molecule has 3 unspecified atom stereocenters. The molecule has 2 aromatic rings. The fraction of sp³-hybridized carbons (Fsp3) is 0.375. The molecular weight excluding hydrogens is 266 g/mol. The van der Waals surface area contributed by atoms with Crippen LogP contribution in [0.1, 0.15) is 29.1 Å². The lowest BCUT2D eigenvalue weighted by Gasteiger charge is -2.23. The standard InChI is InChI=1S/C16H15N3O2/c1-2-11-5-10-8-18-14(6-15(10)21-11)16(20)19-13-4-9-3-12(13)17-7-9/h1,5-6,8-9,12-13,17H,3-4,7H2,(H,19,20). The van der Waals surface area contributed by atoms with Gasteiger partial charge in [-0.05, 0) is 31.2 Å². The lowest BCUT2D eigenvalue weighted by atomic mass is 10.1. The number of pyridine rings is 1. The molecule has 21 heavy (non-hydrogen) atoms. The Morgan fingerprint density at radius 3 is 3.10 bits per heavy atom. The first-order valence-corrected chi connectivity index (χ1v) is 7.13. The fourth-order valence-electron chi connectivity index (χ4n) is 3.38. The zero-order chi connectivity index (χ0) is 14.4. The summed E-state index contributed by atoms with van der Waals surface area (Å²) in [5.74, 6) is 3.42. The van der Waals surface area contributed by atoms with Gasteiger partial charge in [0.05, 0.1) is 0 Å². The molecule has 0 aromatic carbocycles. The van der Waals surface area contributed by atoms with E-state index in [4.69, 9.17) is 10.8 Å². The van der Waals surface area contributed by atoms with Crippen molar-refractivity contribution in [3.63, 3.8) is 0 Å². The number of carbonyl (C=O) groups is 1. The third kappa shape index (κ3) is 2.08. The van der Waals surface area contributed by atoms with Gasteiger partial charge in [-0.15, -0.1) is 6.42 Å². The summed E-state index contributed by atoms with van der Waals surface area (Å²) in [4.78, 5) is 16.5. The van der Waals surface area contributed by atoms with Crippen LogP contribution < -0.4 is 10.6 Å². The van der Waals surface area contributed by atoms with Crippen molar-refractivity contribution in [2.45, 2.75) is 24.9 Å². The Labute approximate surface area is 122 Å². The number of rotatable bonds is 2. The summed E-state index contributed by atoms with van der Waals surface area (Å²) in [6.45, 7) is 1.07. The molecule has 1 amide bonds. The van der Waals surface area contributed by atoms with Crippen molar-refractivity contribution in [1.29, 1.82) is 0 Å². The van der Waals surface area contributed by atoms with E-state index in [0.717, 1.165) is 24.8 Å². The van der Waals surface area contributed by atoms with Crippen LogP contribution >= 0.6 is 0 Å². The SMILES string of the molecule is C#Cc1cc2cnc(C(=O)NC3CC4CNC3C4)cc2o1. The van der Waals surface area contributed by atoms with E-state index >= 15 is 0 Å². The number of furan rings is 1. The van der Waals surface area contributed by atoms with Crippen LogP contribution in [0, 0.1) is 18.3 Å². The average molecular weight is 281 g/mol. The van der Waals surface area contributed by atoms with Gasteiger partial charge in [-0.1, -0.05) is 0 Å². The Balaban J connectivity index is 1.55. The fourth-order valence-corrected chi connectivity index (χ4v) is 3.38. The van der Waals surface area contributed by atoms with Gasteiger partial charge in [0.1, 0.15) is 11.3 Å². The number of piperidine rings is 1. The smallest absolute Gasteiger partial charge is 0.270 e. The summed E-state index contributed by atoms with van der Waals surface area (Å²) in [5, 5.41) is 7.30. The Morgan fingerprint density at radius 1 is 1.48 bits per heavy atom. The van der Waals surface area contributed by atoms with E-state index in [1.807, 2.05) is 0 Å². The number of hydrogen-bond donors (Lipinski definition) is 2. The van der Waals surface area contributed by atoms with Crippen molar-refractivity contribution in [3.05, 3.63) is 29.8 Å². The van der Waals surface area contributed by atoms with Gasteiger partial charge in [0, 0.05) is 35.8 Å². The molecule has 1 saturated carbocycles. The minimum absolute atomic E-state index is 0.157. The number of aromatic nitrogens is 1. The lowest BCUT2D eigenvalue weighted by molar-refractivity contribution is 0.0923. The molecular formula is C16H15N3O2. The molecule has 2 bridgehead atoms. The number of nitrogens with one attached hydrogen (secondary N) is 2. The summed E-state index contributed by atoms with van der Waals surface area (Å²) in [7, 11) is 0. The zero-order valence-electron chi connectivity index (χ0n) is 11.4. The quantitative estimate of drug-likeness (QED) is 0.814. The predicted molar refractivity (Wildman–Crippen MR) is 77.7 cm³/mol. The van der Waals surface area contributed by atoms with E-state index in [9.17, 15) is 4.79 Å². The highest BCUT2D eigenvalue weighted by Crippen LogP contribution is 2.31. The first-order valence-electron chi connectivity index (χ1n) is 7.13. The van der Waals surface area contributed by atoms with Crippen LogP contribution in [-0.4, -0.2) is 29.5 Å². The van der Waals surface area contributed by atoms with Crippen molar-refractivity contribution in [2.24, 2.45) is 5.92 Å². The molecule has 0 spiro atoms. The number of terminal acetylenes is 1. The first kappa shape index (κ1) is 12.4. The third-order valence-corrected chi connectivity index (χ3v) is 4.42. The van der Waals surface area contributed by atoms with E-state index < -0.39 is 0 Å². The van der Waals surface area contributed by atoms with Crippen LogP contribution in [0.3, 0.4) is 0 Å². The number of hydrogen-bond acceptors (Lipinski definition) is 4. The van der Waals surface area contributed by atoms with Crippen LogP contribution in [0.25, 0.3) is 11.0 Å². The Morgan fingerprint density at radius 2 is 2.38 bits per heavy atom. The molecule has 2 aromatic heterocycles. The Kier molecular flexibility index (Phi) is 2.72. The Hall–Kier alpha value is -2.32. The summed E-state index contributed by atoms with van der Waals surface area (Å²) in [5.41, 5.74) is 0.956. The van der Waals surface area contributed by atoms with E-state index in [2.05, 4.69) is 21.5 Å². The first-order chi connectivity index (χ1) is 10.2. The molecule has 2 N–H and O–H groups in total. The molecule has 5 nitrogen and oxygen atoms in total. The lowest BCUT2D eigenvalue weighted by Crippen LogP contribution is -2.48. The molecule has 3 heterocycles. The largest absolute Gasteiger partial charge is 0.448 e. The molecule has 2 aliphatic rings. The van der Waals surface area contributed by atoms with Gasteiger partial charge >= 0.3 is 0 Å². The van der Waals surface area contributed by atoms with E-state index in [0.29, 0.717) is 29.0 Å². The van der Waals surface area contributed by atoms with E-state index in [-0.39, 0.29) is 11.9 Å². The summed E-state index contributed by atoms with van der Waals surface area (Å²) < 4.78 is 5.46. The van der Waals surface area contributed by atoms with Crippen molar-refractivity contribution in [2.75, 3.05) is 6.54 Å². The van der Waals surface area contributed by atoms with Gasteiger partial charge in [-0.3, -0.25) is 9.78 Å². The second-order valence-corrected chi connectivity index (χ2v) is 5.79. The van der Waals surface area contributed by atoms with Gasteiger partial charge in [0.15, 0.2) is 5.76 Å². The van der Waals surface area contributed by atoms with E-state index in [1.165, 1.54) is 0 Å². The zero-order valence-corrected chi connectivity index (χ0v) is 11.4. The topological polar surface area (TPSA) is 67.2 Å². The molecule has 2 fully saturated rings. The van der Waals surface area contributed by atoms with Crippen LogP contribution in [0.4, 0.5) is 0 Å². The van der Waals surface area contributed by atoms with Crippen LogP contribution in [0.2, 0.25) is 0 Å². The predicted octanol–water partition coefficient (Wildman–Crippen LogP) is 1.29. The monoisotopic (exact) mass is 281 g/mol. The number of nitrogens with zero attached hydrogens (tertiary/aromatic N) is 1. The van der Waals surface area contributed by atoms with Gasteiger partial charge in [-0.25, -0.2) is 0 Å². The number of amides is 1. The molecule has 106 valence electrons. The maximum absolute atomic E-state index is 12.3. The summed E-state index contributed by atoms with van der Waals surface area (Å²) >= 11 is 0. The van der Waals surface area contributed by atoms with E-state index in [1.54, 1.807) is 18.3 Å². The maximum atomic E-state index is 12.3. The second kappa shape index (κ2) is 4.61. The Bertz CT molecular complexity index is 758. The minimum Gasteiger partial charge on any atom is -0.448 e. The maximum Gasteiger partial charge on any atom is 0.270 e. The molecule has 1 aliphatic heterocycles. The molecule has 4 rings (SSSR count). The molecule has 1 saturated heterocycles. The molecule has 5 heteroatoms.